The predicted octanol–water partition coefficient (Wildman–Crippen LogP) is 4.78. The van der Waals surface area contributed by atoms with Crippen molar-refractivity contribution in [1.82, 2.24) is 5.32 Å². The van der Waals surface area contributed by atoms with Gasteiger partial charge < -0.3 is 5.32 Å². The summed E-state index contributed by atoms with van der Waals surface area (Å²) in [6.45, 7) is 3.79. The van der Waals surface area contributed by atoms with E-state index in [0.717, 1.165) is 53.4 Å². The van der Waals surface area contributed by atoms with Crippen molar-refractivity contribution < 1.29 is 18.0 Å². The van der Waals surface area contributed by atoms with E-state index >= 15 is 0 Å². The van der Waals surface area contributed by atoms with E-state index in [1.165, 1.54) is 0 Å². The minimum atomic E-state index is -1.48. The number of Topliss-reactive ketones (excluding diaryl/α,β-unsaturated/α-hetero) is 1. The average molecular weight is 365 g/mol. The first-order valence-electron chi connectivity index (χ1n) is 8.35. The minimum Gasteiger partial charge on any atom is -0.361 e. The highest BCUT2D eigenvalue weighted by Gasteiger charge is 2.44. The van der Waals surface area contributed by atoms with E-state index in [-0.39, 0.29) is 5.78 Å². The fraction of sp³-hybridized carbons (Fsp3) is 0.421. The van der Waals surface area contributed by atoms with Crippen LogP contribution in [0.4, 0.5) is 13.2 Å². The van der Waals surface area contributed by atoms with Gasteiger partial charge in [0.25, 0.3) is 0 Å². The molecule has 1 aliphatic carbocycles. The van der Waals surface area contributed by atoms with E-state index in [4.69, 9.17) is 0 Å². The van der Waals surface area contributed by atoms with Crippen LogP contribution in [0.5, 0.6) is 0 Å². The third-order valence-electron chi connectivity index (χ3n) is 5.28. The van der Waals surface area contributed by atoms with E-state index in [1.807, 2.05) is 13.8 Å². The molecule has 1 atom stereocenters. The summed E-state index contributed by atoms with van der Waals surface area (Å²) in [5.74, 6) is -3.58. The van der Waals surface area contributed by atoms with Crippen LogP contribution in [0.1, 0.15) is 44.6 Å². The maximum absolute atomic E-state index is 13.9. The molecule has 3 aliphatic rings. The van der Waals surface area contributed by atoms with E-state index in [2.05, 4.69) is 5.32 Å². The maximum Gasteiger partial charge on any atom is 0.194 e. The molecule has 6 heteroatoms. The minimum absolute atomic E-state index is 0.00422. The number of hydrogen-bond donors (Lipinski definition) is 1. The number of carbonyl (C=O) groups is 1. The molecule has 2 heterocycles. The van der Waals surface area contributed by atoms with Gasteiger partial charge in [-0.2, -0.15) is 0 Å². The first-order chi connectivity index (χ1) is 11.8. The molecule has 0 spiro atoms. The van der Waals surface area contributed by atoms with Gasteiger partial charge in [0.15, 0.2) is 23.2 Å². The van der Waals surface area contributed by atoms with Crippen LogP contribution in [0, 0.1) is 22.9 Å². The first kappa shape index (κ1) is 16.8. The quantitative estimate of drug-likeness (QED) is 0.726. The van der Waals surface area contributed by atoms with Crippen molar-refractivity contribution in [2.45, 2.75) is 39.0 Å². The molecule has 132 valence electrons. The molecule has 1 aromatic carbocycles. The van der Waals surface area contributed by atoms with Crippen LogP contribution < -0.4 is 5.32 Å². The monoisotopic (exact) mass is 365 g/mol. The summed E-state index contributed by atoms with van der Waals surface area (Å²) in [4.78, 5) is 14.0. The Labute approximate surface area is 148 Å². The molecule has 1 N–H and O–H groups in total. The molecule has 0 aromatic heterocycles. The lowest BCUT2D eigenvalue weighted by Crippen LogP contribution is -2.38. The molecule has 0 radical (unpaired) electrons. The van der Waals surface area contributed by atoms with E-state index in [9.17, 15) is 18.0 Å². The predicted molar refractivity (Wildman–Crippen MR) is 91.3 cm³/mol. The lowest BCUT2D eigenvalue weighted by atomic mass is 9.69. The van der Waals surface area contributed by atoms with Crippen molar-refractivity contribution in [1.29, 1.82) is 0 Å². The zero-order chi connectivity index (χ0) is 17.9. The largest absolute Gasteiger partial charge is 0.361 e. The second kappa shape index (κ2) is 5.66. The molecule has 0 saturated carbocycles. The molecular weight excluding hydrogens is 347 g/mol. The highest BCUT2D eigenvalue weighted by molar-refractivity contribution is 8.03. The molecule has 25 heavy (non-hydrogen) atoms. The highest BCUT2D eigenvalue weighted by atomic mass is 32.2. The molecule has 2 nitrogen and oxygen atoms in total. The molecule has 1 aromatic rings. The number of nitrogens with one attached hydrogen (secondary N) is 1. The number of dihydropyridines is 1. The van der Waals surface area contributed by atoms with Crippen LogP contribution in [0.3, 0.4) is 0 Å². The summed E-state index contributed by atoms with van der Waals surface area (Å²) in [5.41, 5.74) is 2.23. The average Bonchev–Trinajstić information content (AvgIpc) is 3.02. The Morgan fingerprint density at radius 2 is 1.80 bits per heavy atom. The highest BCUT2D eigenvalue weighted by Crippen LogP contribution is 2.52. The van der Waals surface area contributed by atoms with Gasteiger partial charge in [0.1, 0.15) is 0 Å². The van der Waals surface area contributed by atoms with Crippen LogP contribution in [-0.4, -0.2) is 11.5 Å². The number of allylic oxidation sites excluding steroid dienone is 4. The zero-order valence-electron chi connectivity index (χ0n) is 14.0. The van der Waals surface area contributed by atoms with Gasteiger partial charge in [0, 0.05) is 39.0 Å². The van der Waals surface area contributed by atoms with Crippen LogP contribution in [0.25, 0.3) is 0 Å². The van der Waals surface area contributed by atoms with Crippen molar-refractivity contribution in [2.24, 2.45) is 5.41 Å². The first-order valence-corrected chi connectivity index (χ1v) is 9.33. The number of thioether (sulfide) groups is 1. The van der Waals surface area contributed by atoms with Crippen molar-refractivity contribution in [3.8, 4) is 0 Å². The number of carbonyl (C=O) groups excluding carboxylic acids is 1. The summed E-state index contributed by atoms with van der Waals surface area (Å²) < 4.78 is 41.1. The standard InChI is InChI=1S/C19H18F3NOS/c1-19(2)5-3-12-15(18(19)24)14(17-13(23-12)4-6-25-17)9-7-10(20)16(22)11(21)8-9/h7-8,14,23H,3-6H2,1-2H3. The molecule has 0 saturated heterocycles. The van der Waals surface area contributed by atoms with E-state index in [1.54, 1.807) is 11.8 Å². The van der Waals surface area contributed by atoms with Crippen molar-refractivity contribution in [3.05, 3.63) is 57.0 Å². The van der Waals surface area contributed by atoms with E-state index in [0.29, 0.717) is 11.1 Å². The van der Waals surface area contributed by atoms with Crippen LogP contribution in [-0.2, 0) is 4.79 Å². The van der Waals surface area contributed by atoms with Gasteiger partial charge in [0.2, 0.25) is 0 Å². The number of rotatable bonds is 1. The smallest absolute Gasteiger partial charge is 0.194 e. The lowest BCUT2D eigenvalue weighted by Gasteiger charge is -2.39. The molecule has 2 aliphatic heterocycles. The Kier molecular flexibility index (Phi) is 3.79. The topological polar surface area (TPSA) is 29.1 Å². The van der Waals surface area contributed by atoms with Gasteiger partial charge in [-0.25, -0.2) is 13.2 Å². The second-order valence-corrected chi connectivity index (χ2v) is 8.54. The van der Waals surface area contributed by atoms with Gasteiger partial charge in [-0.3, -0.25) is 4.79 Å². The van der Waals surface area contributed by atoms with Crippen LogP contribution in [0.15, 0.2) is 34.0 Å². The maximum atomic E-state index is 13.9. The molecular formula is C19H18F3NOS. The molecule has 0 bridgehead atoms. The Morgan fingerprint density at radius 3 is 2.48 bits per heavy atom. The van der Waals surface area contributed by atoms with Gasteiger partial charge in [-0.15, -0.1) is 11.8 Å². The molecule has 1 unspecified atom stereocenters. The normalized spacial score (nSPS) is 25.0. The van der Waals surface area contributed by atoms with Crippen molar-refractivity contribution >= 4 is 17.5 Å². The fourth-order valence-electron chi connectivity index (χ4n) is 3.85. The lowest BCUT2D eigenvalue weighted by molar-refractivity contribution is -0.124. The molecule has 4 rings (SSSR count). The van der Waals surface area contributed by atoms with Gasteiger partial charge in [-0.1, -0.05) is 13.8 Å². The van der Waals surface area contributed by atoms with E-state index < -0.39 is 28.8 Å². The van der Waals surface area contributed by atoms with Gasteiger partial charge in [0.05, 0.1) is 0 Å². The fourth-order valence-corrected chi connectivity index (χ4v) is 5.12. The Balaban J connectivity index is 1.91. The number of hydrogen-bond acceptors (Lipinski definition) is 3. The summed E-state index contributed by atoms with van der Waals surface area (Å²) in [6, 6.07) is 2.05. The number of halogens is 3. The third-order valence-corrected chi connectivity index (χ3v) is 6.48. The Morgan fingerprint density at radius 1 is 1.12 bits per heavy atom. The molecule has 0 fully saturated rings. The van der Waals surface area contributed by atoms with Crippen LogP contribution in [0.2, 0.25) is 0 Å². The number of ketones is 1. The summed E-state index contributed by atoms with van der Waals surface area (Å²) in [7, 11) is 0. The molecule has 0 amide bonds. The summed E-state index contributed by atoms with van der Waals surface area (Å²) in [5, 5.41) is 3.38. The SMILES string of the molecule is CC1(C)CCC2=C(C1=O)C(c1cc(F)c(F)c(F)c1)C1=C(CCS1)N2. The zero-order valence-corrected chi connectivity index (χ0v) is 14.8. The third kappa shape index (κ3) is 2.53. The summed E-state index contributed by atoms with van der Waals surface area (Å²) in [6.07, 6.45) is 2.28. The van der Waals surface area contributed by atoms with Crippen LogP contribution >= 0.6 is 11.8 Å². The van der Waals surface area contributed by atoms with Gasteiger partial charge in [-0.05, 0) is 37.0 Å². The number of benzene rings is 1. The summed E-state index contributed by atoms with van der Waals surface area (Å²) >= 11 is 1.60. The van der Waals surface area contributed by atoms with Crippen molar-refractivity contribution in [3.63, 3.8) is 0 Å². The van der Waals surface area contributed by atoms with Gasteiger partial charge >= 0.3 is 0 Å². The Bertz CT molecular complexity index is 833. The van der Waals surface area contributed by atoms with Crippen molar-refractivity contribution in [2.75, 3.05) is 5.75 Å². The Hall–Kier alpha value is -1.69. The second-order valence-electron chi connectivity index (χ2n) is 7.40.